The molecule has 6 heteroatoms. The van der Waals surface area contributed by atoms with Gasteiger partial charge in [0.15, 0.2) is 11.6 Å². The Kier molecular flexibility index (Phi) is 4.41. The van der Waals surface area contributed by atoms with Crippen LogP contribution in [0.5, 0.6) is 11.5 Å². The third kappa shape index (κ3) is 3.30. The van der Waals surface area contributed by atoms with Gasteiger partial charge in [0.05, 0.1) is 17.3 Å². The number of nitrogens with zero attached hydrogens (tertiary/aromatic N) is 1. The van der Waals surface area contributed by atoms with Crippen LogP contribution in [0.1, 0.15) is 11.1 Å². The van der Waals surface area contributed by atoms with Crippen LogP contribution in [-0.4, -0.2) is 6.29 Å². The van der Waals surface area contributed by atoms with Gasteiger partial charge in [0.1, 0.15) is 12.0 Å². The minimum absolute atomic E-state index is 0.0819. The molecule has 2 aromatic rings. The smallest absolute Gasteiger partial charge is 0.186 e. The van der Waals surface area contributed by atoms with Gasteiger partial charge >= 0.3 is 0 Å². The summed E-state index contributed by atoms with van der Waals surface area (Å²) in [6.45, 7) is 0. The second-order valence-electron chi connectivity index (χ2n) is 4.22. The molecule has 2 rings (SSSR count). The molecule has 0 radical (unpaired) electrons. The minimum atomic E-state index is -0.708. The Morgan fingerprint density at radius 3 is 2.81 bits per heavy atom. The van der Waals surface area contributed by atoms with Crippen molar-refractivity contribution in [2.75, 3.05) is 5.73 Å². The third-order valence-electron chi connectivity index (χ3n) is 2.73. The van der Waals surface area contributed by atoms with Crippen LogP contribution in [0.2, 0.25) is 5.02 Å². The molecule has 106 valence electrons. The Morgan fingerprint density at radius 2 is 2.14 bits per heavy atom. The summed E-state index contributed by atoms with van der Waals surface area (Å²) < 4.78 is 19.6. The van der Waals surface area contributed by atoms with Gasteiger partial charge in [-0.2, -0.15) is 5.26 Å². The van der Waals surface area contributed by atoms with Gasteiger partial charge in [0.25, 0.3) is 0 Å². The second kappa shape index (κ2) is 6.25. The van der Waals surface area contributed by atoms with E-state index in [0.717, 1.165) is 0 Å². The molecule has 0 atom stereocenters. The fourth-order valence-corrected chi connectivity index (χ4v) is 1.99. The van der Waals surface area contributed by atoms with Crippen molar-refractivity contribution in [2.24, 2.45) is 0 Å². The number of anilines is 1. The Balaban J connectivity index is 2.44. The van der Waals surface area contributed by atoms with E-state index >= 15 is 0 Å². The van der Waals surface area contributed by atoms with Crippen molar-refractivity contribution < 1.29 is 13.9 Å². The van der Waals surface area contributed by atoms with E-state index < -0.39 is 5.82 Å². The highest BCUT2D eigenvalue weighted by Crippen LogP contribution is 2.33. The lowest BCUT2D eigenvalue weighted by molar-refractivity contribution is -0.107. The zero-order valence-corrected chi connectivity index (χ0v) is 11.5. The van der Waals surface area contributed by atoms with Crippen LogP contribution < -0.4 is 10.5 Å². The predicted molar refractivity (Wildman–Crippen MR) is 76.8 cm³/mol. The summed E-state index contributed by atoms with van der Waals surface area (Å²) in [5.41, 5.74) is 6.23. The van der Waals surface area contributed by atoms with Gasteiger partial charge in [-0.3, -0.25) is 0 Å². The first kappa shape index (κ1) is 14.8. The average molecular weight is 305 g/mol. The van der Waals surface area contributed by atoms with Crippen molar-refractivity contribution in [2.45, 2.75) is 6.42 Å². The maximum Gasteiger partial charge on any atom is 0.186 e. The lowest BCUT2D eigenvalue weighted by Crippen LogP contribution is -2.00. The second-order valence-corrected chi connectivity index (χ2v) is 4.65. The molecular formula is C15H10ClFN2O2. The molecule has 0 saturated carbocycles. The lowest BCUT2D eigenvalue weighted by Gasteiger charge is -2.12. The first-order valence-electron chi connectivity index (χ1n) is 5.94. The molecule has 0 aliphatic heterocycles. The Morgan fingerprint density at radius 1 is 1.38 bits per heavy atom. The van der Waals surface area contributed by atoms with E-state index in [1.54, 1.807) is 0 Å². The van der Waals surface area contributed by atoms with Gasteiger partial charge in [-0.15, -0.1) is 0 Å². The average Bonchev–Trinajstić information content (AvgIpc) is 2.46. The quantitative estimate of drug-likeness (QED) is 0.693. The number of carbonyl (C=O) groups is 1. The van der Waals surface area contributed by atoms with Crippen LogP contribution in [0.15, 0.2) is 30.3 Å². The van der Waals surface area contributed by atoms with E-state index in [2.05, 4.69) is 0 Å². The Bertz CT molecular complexity index is 741. The molecule has 4 nitrogen and oxygen atoms in total. The molecule has 2 aromatic carbocycles. The van der Waals surface area contributed by atoms with Crippen LogP contribution in [0.4, 0.5) is 10.1 Å². The SMILES string of the molecule is N#Cc1cc(Cl)cc(Oc2c(N)ccc(CC=O)c2F)c1. The molecule has 0 aliphatic carbocycles. The summed E-state index contributed by atoms with van der Waals surface area (Å²) in [4.78, 5) is 10.5. The fraction of sp³-hybridized carbons (Fsp3) is 0.0667. The first-order valence-corrected chi connectivity index (χ1v) is 6.32. The van der Waals surface area contributed by atoms with Gasteiger partial charge in [-0.05, 0) is 29.8 Å². The lowest BCUT2D eigenvalue weighted by atomic mass is 10.1. The number of hydrogen-bond donors (Lipinski definition) is 1. The first-order chi connectivity index (χ1) is 10.0. The van der Waals surface area contributed by atoms with Gasteiger partial charge < -0.3 is 15.3 Å². The molecule has 0 bridgehead atoms. The molecule has 21 heavy (non-hydrogen) atoms. The minimum Gasteiger partial charge on any atom is -0.452 e. The van der Waals surface area contributed by atoms with Crippen molar-refractivity contribution in [3.05, 3.63) is 52.3 Å². The summed E-state index contributed by atoms with van der Waals surface area (Å²) in [5, 5.41) is 9.16. The molecule has 0 spiro atoms. The van der Waals surface area contributed by atoms with Gasteiger partial charge in [-0.25, -0.2) is 4.39 Å². The number of rotatable bonds is 4. The van der Waals surface area contributed by atoms with Crippen molar-refractivity contribution in [1.82, 2.24) is 0 Å². The zero-order valence-electron chi connectivity index (χ0n) is 10.8. The molecule has 0 unspecified atom stereocenters. The van der Waals surface area contributed by atoms with Crippen LogP contribution >= 0.6 is 11.6 Å². The molecule has 0 aromatic heterocycles. The van der Waals surface area contributed by atoms with Crippen molar-refractivity contribution in [3.63, 3.8) is 0 Å². The summed E-state index contributed by atoms with van der Waals surface area (Å²) in [6.07, 6.45) is 0.507. The maximum atomic E-state index is 14.2. The zero-order chi connectivity index (χ0) is 15.4. The number of halogens is 2. The van der Waals surface area contributed by atoms with E-state index in [4.69, 9.17) is 27.3 Å². The number of nitriles is 1. The van der Waals surface area contributed by atoms with E-state index in [1.165, 1.54) is 30.3 Å². The standard InChI is InChI=1S/C15H10ClFN2O2/c16-11-5-9(8-18)6-12(7-11)21-15-13(19)2-1-10(3-4-20)14(15)17/h1-2,4-7H,3,19H2. The molecule has 0 fully saturated rings. The van der Waals surface area contributed by atoms with E-state index in [0.29, 0.717) is 6.29 Å². The number of ether oxygens (including phenoxy) is 1. The molecule has 2 N–H and O–H groups in total. The highest BCUT2D eigenvalue weighted by atomic mass is 35.5. The molecular weight excluding hydrogens is 295 g/mol. The van der Waals surface area contributed by atoms with E-state index in [9.17, 15) is 9.18 Å². The van der Waals surface area contributed by atoms with Crippen LogP contribution in [0, 0.1) is 17.1 Å². The van der Waals surface area contributed by atoms with Gasteiger partial charge in [-0.1, -0.05) is 17.7 Å². The molecule has 0 amide bonds. The third-order valence-corrected chi connectivity index (χ3v) is 2.95. The van der Waals surface area contributed by atoms with Crippen LogP contribution in [-0.2, 0) is 11.2 Å². The van der Waals surface area contributed by atoms with Crippen molar-refractivity contribution in [1.29, 1.82) is 5.26 Å². The highest BCUT2D eigenvalue weighted by molar-refractivity contribution is 6.30. The van der Waals surface area contributed by atoms with Crippen molar-refractivity contribution in [3.8, 4) is 17.6 Å². The number of benzene rings is 2. The summed E-state index contributed by atoms with van der Waals surface area (Å²) in [5.74, 6) is -0.714. The van der Waals surface area contributed by atoms with Crippen LogP contribution in [0.25, 0.3) is 0 Å². The van der Waals surface area contributed by atoms with E-state index in [-0.39, 0.29) is 39.8 Å². The monoisotopic (exact) mass is 304 g/mol. The predicted octanol–water partition coefficient (Wildman–Crippen LogP) is 3.47. The molecule has 0 aliphatic rings. The normalized spacial score (nSPS) is 9.95. The number of carbonyl (C=O) groups excluding carboxylic acids is 1. The summed E-state index contributed by atoms with van der Waals surface area (Å²) >= 11 is 5.85. The van der Waals surface area contributed by atoms with Gasteiger partial charge in [0.2, 0.25) is 0 Å². The number of nitrogen functional groups attached to an aromatic ring is 1. The Labute approximate surface area is 125 Å². The Hall–Kier alpha value is -2.58. The van der Waals surface area contributed by atoms with Crippen molar-refractivity contribution >= 4 is 23.6 Å². The fourth-order valence-electron chi connectivity index (χ4n) is 1.77. The number of hydrogen-bond acceptors (Lipinski definition) is 4. The number of aldehydes is 1. The summed E-state index contributed by atoms with van der Waals surface area (Å²) in [7, 11) is 0. The largest absolute Gasteiger partial charge is 0.452 e. The summed E-state index contributed by atoms with van der Waals surface area (Å²) in [6, 6.07) is 9.10. The molecule has 0 heterocycles. The molecule has 0 saturated heterocycles. The maximum absolute atomic E-state index is 14.2. The van der Waals surface area contributed by atoms with Crippen LogP contribution in [0.3, 0.4) is 0 Å². The topological polar surface area (TPSA) is 76.1 Å². The van der Waals surface area contributed by atoms with E-state index in [1.807, 2.05) is 6.07 Å². The number of nitrogens with two attached hydrogens (primary N) is 1. The highest BCUT2D eigenvalue weighted by Gasteiger charge is 2.14. The van der Waals surface area contributed by atoms with Gasteiger partial charge in [0, 0.05) is 11.4 Å².